The van der Waals surface area contributed by atoms with Crippen molar-refractivity contribution in [2.75, 3.05) is 0 Å². The number of hydrogen-bond donors (Lipinski definition) is 0. The van der Waals surface area contributed by atoms with Crippen molar-refractivity contribution >= 4 is 10.9 Å². The van der Waals surface area contributed by atoms with E-state index in [0.29, 0.717) is 0 Å². The molecule has 1 aromatic heterocycles. The van der Waals surface area contributed by atoms with Crippen molar-refractivity contribution in [3.05, 3.63) is 30.0 Å². The topological polar surface area (TPSA) is 17.8 Å². The van der Waals surface area contributed by atoms with Gasteiger partial charge in [0, 0.05) is 11.9 Å². The fraction of sp³-hybridized carbons (Fsp3) is 0.417. The highest BCUT2D eigenvalue weighted by molar-refractivity contribution is 5.81. The van der Waals surface area contributed by atoms with Crippen LogP contribution >= 0.6 is 0 Å². The second-order valence-corrected chi connectivity index (χ2v) is 3.68. The summed E-state index contributed by atoms with van der Waals surface area (Å²) in [6.07, 6.45) is 2.42. The average molecular weight is 188 g/mol. The number of hydrogen-bond acceptors (Lipinski definition) is 1. The Balaban J connectivity index is 2.44. The van der Waals surface area contributed by atoms with Gasteiger partial charge in [0.2, 0.25) is 0 Å². The maximum absolute atomic E-state index is 4.54. The largest absolute Gasteiger partial charge is 0.265 e. The zero-order chi connectivity index (χ0) is 9.97. The summed E-state index contributed by atoms with van der Waals surface area (Å²) in [7, 11) is 0. The second-order valence-electron chi connectivity index (χ2n) is 3.68. The van der Waals surface area contributed by atoms with Crippen molar-refractivity contribution in [2.45, 2.75) is 33.2 Å². The summed E-state index contributed by atoms with van der Waals surface area (Å²) in [6.45, 7) is 5.31. The smallest absolute Gasteiger partial charge is 0.0685 e. The SMILES string of the molecule is CCCCn1nc(C)c2ccccc21. The first-order chi connectivity index (χ1) is 6.83. The third kappa shape index (κ3) is 1.52. The van der Waals surface area contributed by atoms with E-state index in [-0.39, 0.29) is 0 Å². The molecule has 0 saturated heterocycles. The lowest BCUT2D eigenvalue weighted by Crippen LogP contribution is -1.99. The molecule has 0 saturated carbocycles. The molecule has 0 bridgehead atoms. The minimum absolute atomic E-state index is 1.03. The van der Waals surface area contributed by atoms with Crippen LogP contribution in [-0.2, 0) is 6.54 Å². The van der Waals surface area contributed by atoms with Crippen LogP contribution in [0.3, 0.4) is 0 Å². The van der Waals surface area contributed by atoms with Gasteiger partial charge in [-0.05, 0) is 19.4 Å². The highest BCUT2D eigenvalue weighted by atomic mass is 15.3. The molecule has 0 aliphatic carbocycles. The molecule has 74 valence electrons. The number of unbranched alkanes of at least 4 members (excludes halogenated alkanes) is 1. The van der Waals surface area contributed by atoms with E-state index < -0.39 is 0 Å². The molecule has 2 heteroatoms. The quantitative estimate of drug-likeness (QED) is 0.723. The van der Waals surface area contributed by atoms with Crippen LogP contribution in [0.2, 0.25) is 0 Å². The predicted octanol–water partition coefficient (Wildman–Crippen LogP) is 3.14. The Morgan fingerprint density at radius 1 is 1.29 bits per heavy atom. The van der Waals surface area contributed by atoms with Crippen molar-refractivity contribution < 1.29 is 0 Å². The van der Waals surface area contributed by atoms with E-state index in [1.807, 2.05) is 0 Å². The molecule has 0 aliphatic rings. The van der Waals surface area contributed by atoms with Gasteiger partial charge < -0.3 is 0 Å². The average Bonchev–Trinajstić information content (AvgIpc) is 2.54. The van der Waals surface area contributed by atoms with Gasteiger partial charge in [0.05, 0.1) is 11.2 Å². The molecular formula is C12H16N2. The molecular weight excluding hydrogens is 172 g/mol. The molecule has 0 amide bonds. The lowest BCUT2D eigenvalue weighted by atomic mass is 10.2. The van der Waals surface area contributed by atoms with Crippen LogP contribution in [0.1, 0.15) is 25.5 Å². The number of aryl methyl sites for hydroxylation is 2. The number of fused-ring (bicyclic) bond motifs is 1. The molecule has 0 N–H and O–H groups in total. The van der Waals surface area contributed by atoms with E-state index in [1.54, 1.807) is 0 Å². The molecule has 0 aliphatic heterocycles. The van der Waals surface area contributed by atoms with Gasteiger partial charge in [-0.25, -0.2) is 0 Å². The number of para-hydroxylation sites is 1. The van der Waals surface area contributed by atoms with E-state index in [1.165, 1.54) is 23.7 Å². The molecule has 0 unspecified atom stereocenters. The minimum Gasteiger partial charge on any atom is -0.265 e. The number of rotatable bonds is 3. The van der Waals surface area contributed by atoms with Gasteiger partial charge >= 0.3 is 0 Å². The summed E-state index contributed by atoms with van der Waals surface area (Å²) < 4.78 is 2.12. The normalized spacial score (nSPS) is 11.0. The van der Waals surface area contributed by atoms with Gasteiger partial charge in [-0.3, -0.25) is 4.68 Å². The van der Waals surface area contributed by atoms with Crippen LogP contribution in [0.4, 0.5) is 0 Å². The van der Waals surface area contributed by atoms with Crippen molar-refractivity contribution in [3.8, 4) is 0 Å². The molecule has 0 atom stereocenters. The third-order valence-corrected chi connectivity index (χ3v) is 2.57. The van der Waals surface area contributed by atoms with Crippen LogP contribution in [-0.4, -0.2) is 9.78 Å². The fourth-order valence-electron chi connectivity index (χ4n) is 1.77. The molecule has 2 nitrogen and oxygen atoms in total. The first kappa shape index (κ1) is 9.25. The van der Waals surface area contributed by atoms with E-state index in [9.17, 15) is 0 Å². The maximum atomic E-state index is 4.54. The Labute approximate surface area is 84.5 Å². The van der Waals surface area contributed by atoms with Crippen LogP contribution < -0.4 is 0 Å². The maximum Gasteiger partial charge on any atom is 0.0685 e. The summed E-state index contributed by atoms with van der Waals surface area (Å²) in [4.78, 5) is 0. The van der Waals surface area contributed by atoms with E-state index in [0.717, 1.165) is 12.2 Å². The zero-order valence-electron chi connectivity index (χ0n) is 8.83. The minimum atomic E-state index is 1.03. The first-order valence-electron chi connectivity index (χ1n) is 5.25. The summed E-state index contributed by atoms with van der Waals surface area (Å²) in [5.41, 5.74) is 2.40. The Morgan fingerprint density at radius 3 is 2.86 bits per heavy atom. The predicted molar refractivity (Wildman–Crippen MR) is 59.4 cm³/mol. The van der Waals surface area contributed by atoms with Crippen LogP contribution in [0.5, 0.6) is 0 Å². The monoisotopic (exact) mass is 188 g/mol. The summed E-state index contributed by atoms with van der Waals surface area (Å²) in [6, 6.07) is 8.43. The number of nitrogens with zero attached hydrogens (tertiary/aromatic N) is 2. The Bertz CT molecular complexity index is 429. The van der Waals surface area contributed by atoms with Crippen LogP contribution in [0.25, 0.3) is 10.9 Å². The molecule has 1 aromatic carbocycles. The molecule has 1 heterocycles. The molecule has 0 spiro atoms. The summed E-state index contributed by atoms with van der Waals surface area (Å²) in [5, 5.41) is 5.83. The molecule has 2 aromatic rings. The first-order valence-corrected chi connectivity index (χ1v) is 5.25. The van der Waals surface area contributed by atoms with Crippen LogP contribution in [0, 0.1) is 6.92 Å². The van der Waals surface area contributed by atoms with E-state index in [4.69, 9.17) is 0 Å². The Morgan fingerprint density at radius 2 is 2.07 bits per heavy atom. The van der Waals surface area contributed by atoms with Crippen molar-refractivity contribution in [3.63, 3.8) is 0 Å². The standard InChI is InChI=1S/C12H16N2/c1-3-4-9-14-12-8-6-5-7-11(12)10(2)13-14/h5-8H,3-4,9H2,1-2H3. The highest BCUT2D eigenvalue weighted by Crippen LogP contribution is 2.17. The van der Waals surface area contributed by atoms with Gasteiger partial charge in [0.25, 0.3) is 0 Å². The Kier molecular flexibility index (Phi) is 2.53. The molecule has 0 fully saturated rings. The molecule has 2 rings (SSSR count). The van der Waals surface area contributed by atoms with E-state index >= 15 is 0 Å². The lowest BCUT2D eigenvalue weighted by Gasteiger charge is -2.00. The summed E-state index contributed by atoms with van der Waals surface area (Å²) in [5.74, 6) is 0. The fourth-order valence-corrected chi connectivity index (χ4v) is 1.77. The highest BCUT2D eigenvalue weighted by Gasteiger charge is 2.04. The number of benzene rings is 1. The van der Waals surface area contributed by atoms with Gasteiger partial charge in [0.1, 0.15) is 0 Å². The summed E-state index contributed by atoms with van der Waals surface area (Å²) >= 11 is 0. The lowest BCUT2D eigenvalue weighted by molar-refractivity contribution is 0.584. The molecule has 14 heavy (non-hydrogen) atoms. The van der Waals surface area contributed by atoms with Crippen LogP contribution in [0.15, 0.2) is 24.3 Å². The van der Waals surface area contributed by atoms with E-state index in [2.05, 4.69) is 47.9 Å². The van der Waals surface area contributed by atoms with Gasteiger partial charge in [-0.1, -0.05) is 31.5 Å². The van der Waals surface area contributed by atoms with Gasteiger partial charge in [-0.15, -0.1) is 0 Å². The van der Waals surface area contributed by atoms with Crippen molar-refractivity contribution in [1.82, 2.24) is 9.78 Å². The third-order valence-electron chi connectivity index (χ3n) is 2.57. The number of aromatic nitrogens is 2. The Hall–Kier alpha value is -1.31. The second kappa shape index (κ2) is 3.82. The van der Waals surface area contributed by atoms with Gasteiger partial charge in [0.15, 0.2) is 0 Å². The van der Waals surface area contributed by atoms with Crippen molar-refractivity contribution in [2.24, 2.45) is 0 Å². The zero-order valence-corrected chi connectivity index (χ0v) is 8.83. The van der Waals surface area contributed by atoms with Gasteiger partial charge in [-0.2, -0.15) is 5.10 Å². The molecule has 0 radical (unpaired) electrons. The van der Waals surface area contributed by atoms with Crippen molar-refractivity contribution in [1.29, 1.82) is 0 Å².